The highest BCUT2D eigenvalue weighted by Crippen LogP contribution is 2.18. The van der Waals surface area contributed by atoms with Crippen LogP contribution in [-0.4, -0.2) is 82.8 Å². The molecule has 0 bridgehead atoms. The minimum atomic E-state index is -3.96. The molecule has 0 aromatic carbocycles. The minimum absolute atomic E-state index is 1.08. The van der Waals surface area contributed by atoms with E-state index in [1.165, 1.54) is 0 Å². The molecule has 26 nitrogen and oxygen atoms in total. The molecule has 0 aliphatic rings. The van der Waals surface area contributed by atoms with E-state index in [1.807, 2.05) is 10.6 Å². The van der Waals surface area contributed by atoms with Crippen molar-refractivity contribution in [3.05, 3.63) is 80.9 Å². The maximum absolute atomic E-state index is 11.3. The Morgan fingerprint density at radius 3 is 0.829 bits per heavy atom. The Hall–Kier alpha value is -4.88. The van der Waals surface area contributed by atoms with Crippen LogP contribution in [0, 0.1) is 80.9 Å². The molecule has 0 rings (SSSR count). The maximum atomic E-state index is 11.3. The summed E-state index contributed by atoms with van der Waals surface area (Å²) < 4.78 is 0. The van der Waals surface area contributed by atoms with Crippen molar-refractivity contribution in [3.8, 4) is 0 Å². The Morgan fingerprint density at radius 1 is 0.429 bits per heavy atom. The van der Waals surface area contributed by atoms with E-state index in [0.29, 0.717) is 0 Å². The van der Waals surface area contributed by atoms with Gasteiger partial charge >= 0.3 is 17.2 Å². The van der Waals surface area contributed by atoms with Crippen LogP contribution in [0.1, 0.15) is 12.8 Å². The normalized spacial score (nSPS) is 11.9. The van der Waals surface area contributed by atoms with E-state index < -0.39 is 95.6 Å². The highest BCUT2D eigenvalue weighted by Gasteiger charge is 2.70. The number of hydrogen-bond donors (Lipinski definition) is 2. The molecule has 0 unspecified atom stereocenters. The second-order valence-corrected chi connectivity index (χ2v) is 6.44. The van der Waals surface area contributed by atoms with Crippen molar-refractivity contribution in [2.45, 2.75) is 30.1 Å². The Morgan fingerprint density at radius 2 is 0.657 bits per heavy atom. The molecule has 0 spiro atoms. The van der Waals surface area contributed by atoms with E-state index in [0.717, 1.165) is 0 Å². The Labute approximate surface area is 188 Å². The summed E-state index contributed by atoms with van der Waals surface area (Å²) in [5.74, 6) is -7.93. The van der Waals surface area contributed by atoms with Gasteiger partial charge in [0.2, 0.25) is 0 Å². The highest BCUT2D eigenvalue weighted by atomic mass is 16.7. The highest BCUT2D eigenvalue weighted by molar-refractivity contribution is 4.75. The van der Waals surface area contributed by atoms with Gasteiger partial charge in [-0.1, -0.05) is 0 Å². The van der Waals surface area contributed by atoms with E-state index >= 15 is 0 Å². The van der Waals surface area contributed by atoms with Crippen molar-refractivity contribution in [2.24, 2.45) is 0 Å². The molecule has 2 N–H and O–H groups in total. The zero-order valence-electron chi connectivity index (χ0n) is 16.9. The van der Waals surface area contributed by atoms with Crippen LogP contribution in [0.15, 0.2) is 0 Å². The van der Waals surface area contributed by atoms with E-state index in [-0.39, 0.29) is 0 Å². The van der Waals surface area contributed by atoms with Gasteiger partial charge in [-0.2, -0.15) is 0 Å². The lowest BCUT2D eigenvalue weighted by Gasteiger charge is -2.18. The average Bonchev–Trinajstić information content (AvgIpc) is 2.69. The first kappa shape index (κ1) is 30.1. The fraction of sp³-hybridized carbons (Fsp3) is 1.00. The molecule has 0 amide bonds. The third-order valence-electron chi connectivity index (χ3n) is 4.52. The van der Waals surface area contributed by atoms with Crippen LogP contribution in [0.3, 0.4) is 0 Å². The summed E-state index contributed by atoms with van der Waals surface area (Å²) in [5.41, 5.74) is -3.30. The summed E-state index contributed by atoms with van der Waals surface area (Å²) >= 11 is 0. The predicted molar refractivity (Wildman–Crippen MR) is 99.1 cm³/mol. The fourth-order valence-electron chi connectivity index (χ4n) is 2.42. The third-order valence-corrected chi connectivity index (χ3v) is 4.52. The van der Waals surface area contributed by atoms with Gasteiger partial charge in [0, 0.05) is 13.1 Å². The van der Waals surface area contributed by atoms with Crippen molar-refractivity contribution in [3.63, 3.8) is 0 Å². The van der Waals surface area contributed by atoms with Gasteiger partial charge in [-0.25, -0.2) is 0 Å². The lowest BCUT2D eigenvalue weighted by Crippen LogP contribution is -2.61. The molecule has 0 radical (unpaired) electrons. The topological polar surface area (TPSA) is 369 Å². The van der Waals surface area contributed by atoms with Gasteiger partial charge in [0.25, 0.3) is 0 Å². The number of hydrogen-bond acceptors (Lipinski definition) is 18. The van der Waals surface area contributed by atoms with Gasteiger partial charge in [-0.15, -0.1) is 0 Å². The molecule has 0 saturated heterocycles. The largest absolute Gasteiger partial charge is 0.701 e. The quantitative estimate of drug-likeness (QED) is 0.0797. The van der Waals surface area contributed by atoms with Crippen molar-refractivity contribution in [1.82, 2.24) is 10.6 Å². The monoisotopic (exact) mass is 518 g/mol. The van der Waals surface area contributed by atoms with Crippen LogP contribution < -0.4 is 10.6 Å². The van der Waals surface area contributed by atoms with Crippen LogP contribution >= 0.6 is 0 Å². The molecule has 35 heavy (non-hydrogen) atoms. The Bertz CT molecular complexity index is 789. The first-order valence-electron chi connectivity index (χ1n) is 8.54. The molecule has 0 saturated carbocycles. The van der Waals surface area contributed by atoms with Crippen LogP contribution in [-0.2, 0) is 0 Å². The average molecular weight is 518 g/mol. The number of nitrogens with zero attached hydrogens (tertiary/aromatic N) is 8. The molecule has 0 aliphatic carbocycles. The first-order chi connectivity index (χ1) is 16.0. The number of nitrogens with one attached hydrogen (secondary N) is 2. The van der Waals surface area contributed by atoms with Gasteiger partial charge < -0.3 is 10.6 Å². The van der Waals surface area contributed by atoms with E-state index in [2.05, 4.69) is 0 Å². The minimum Gasteiger partial charge on any atom is -0.303 e. The molecule has 0 aromatic heterocycles. The van der Waals surface area contributed by atoms with Crippen LogP contribution in [0.25, 0.3) is 0 Å². The number of rotatable bonds is 18. The van der Waals surface area contributed by atoms with Crippen LogP contribution in [0.5, 0.6) is 0 Å². The summed E-state index contributed by atoms with van der Waals surface area (Å²) in [6.45, 7) is -4.90. The fourth-order valence-corrected chi connectivity index (χ4v) is 2.42. The molecule has 0 atom stereocenters. The van der Waals surface area contributed by atoms with Crippen LogP contribution in [0.2, 0.25) is 0 Å². The molecular formula is C9H14N10O16. The van der Waals surface area contributed by atoms with Crippen molar-refractivity contribution < 1.29 is 39.4 Å². The van der Waals surface area contributed by atoms with Gasteiger partial charge in [0.05, 0.1) is 0 Å². The second kappa shape index (κ2) is 11.3. The maximum Gasteiger partial charge on any atom is 0.701 e. The summed E-state index contributed by atoms with van der Waals surface area (Å²) in [6, 6.07) is 0. The molecule has 0 heterocycles. The summed E-state index contributed by atoms with van der Waals surface area (Å²) in [6.07, 6.45) is -3.01. The van der Waals surface area contributed by atoms with Gasteiger partial charge in [0.15, 0.2) is 42.4 Å². The van der Waals surface area contributed by atoms with Gasteiger partial charge in [-0.3, -0.25) is 80.9 Å². The lowest BCUT2D eigenvalue weighted by molar-refractivity contribution is -0.970. The molecule has 26 heteroatoms. The zero-order valence-corrected chi connectivity index (χ0v) is 16.9. The van der Waals surface area contributed by atoms with Crippen LogP contribution in [0.4, 0.5) is 0 Å². The Balaban J connectivity index is 5.53. The zero-order chi connectivity index (χ0) is 27.8. The van der Waals surface area contributed by atoms with Crippen molar-refractivity contribution in [2.75, 3.05) is 26.2 Å². The molecule has 0 fully saturated rings. The van der Waals surface area contributed by atoms with Crippen molar-refractivity contribution in [1.29, 1.82) is 0 Å². The standard InChI is InChI=1S/C9H14N10O16/c20-12(21)7(13(22)23,5-10-3-1-8(14(24)25,15(26)27)16(28)29)6-11-4-2-9(17(30)31,18(32)33)19(34)35/h10-11H,1-6H2. The smallest absolute Gasteiger partial charge is 0.303 e. The summed E-state index contributed by atoms with van der Waals surface area (Å²) in [5, 5.41) is 91.4. The van der Waals surface area contributed by atoms with E-state index in [1.54, 1.807) is 0 Å². The first-order valence-corrected chi connectivity index (χ1v) is 8.54. The second-order valence-electron chi connectivity index (χ2n) is 6.44. The molecule has 0 aliphatic heterocycles. The SMILES string of the molecule is O=[N+]([O-])C(CNCCC([N+](=O)[O-])([N+](=O)[O-])[N+](=O)[O-])(CNCCC([N+](=O)[O-])([N+](=O)[O-])[N+](=O)[O-])[N+](=O)[O-]. The molecule has 0 aromatic rings. The summed E-state index contributed by atoms with van der Waals surface area (Å²) in [7, 11) is 0. The predicted octanol–water partition coefficient (Wildman–Crippen LogP) is -2.84. The summed E-state index contributed by atoms with van der Waals surface area (Å²) in [4.78, 5) is 73.5. The van der Waals surface area contributed by atoms with E-state index in [4.69, 9.17) is 0 Å². The van der Waals surface area contributed by atoms with Gasteiger partial charge in [0.1, 0.15) is 22.9 Å². The van der Waals surface area contributed by atoms with Crippen molar-refractivity contribution >= 4 is 0 Å². The van der Waals surface area contributed by atoms with E-state index in [9.17, 15) is 80.9 Å². The van der Waals surface area contributed by atoms with Gasteiger partial charge in [-0.05, 0) is 0 Å². The molecule has 196 valence electrons. The molecular weight excluding hydrogens is 504 g/mol. The lowest BCUT2D eigenvalue weighted by atomic mass is 10.1. The third kappa shape index (κ3) is 5.73. The Kier molecular flexibility index (Phi) is 9.73. The number of nitro groups is 8.